The van der Waals surface area contributed by atoms with Crippen molar-refractivity contribution in [3.63, 3.8) is 0 Å². The number of ether oxygens (including phenoxy) is 1. The van der Waals surface area contributed by atoms with E-state index in [0.717, 1.165) is 44.3 Å². The minimum absolute atomic E-state index is 0.114. The van der Waals surface area contributed by atoms with E-state index in [-0.39, 0.29) is 17.6 Å². The third-order valence-corrected chi connectivity index (χ3v) is 5.34. The molecule has 2 fully saturated rings. The molecule has 2 aliphatic heterocycles. The molecule has 2 aromatic heterocycles. The van der Waals surface area contributed by atoms with Gasteiger partial charge in [-0.05, 0) is 44.6 Å². The van der Waals surface area contributed by atoms with E-state index in [4.69, 9.17) is 9.26 Å². The summed E-state index contributed by atoms with van der Waals surface area (Å²) in [6, 6.07) is 0. The van der Waals surface area contributed by atoms with Gasteiger partial charge in [0.05, 0.1) is 5.60 Å². The van der Waals surface area contributed by atoms with E-state index >= 15 is 0 Å². The molecule has 8 nitrogen and oxygen atoms in total. The highest BCUT2D eigenvalue weighted by molar-refractivity contribution is 5.76. The fourth-order valence-electron chi connectivity index (χ4n) is 3.83. The summed E-state index contributed by atoms with van der Waals surface area (Å²) in [5.74, 6) is 1.39. The molecule has 8 heteroatoms. The Balaban J connectivity index is 1.28. The lowest BCUT2D eigenvalue weighted by Crippen LogP contribution is -2.46. The Bertz CT molecular complexity index is 755. The van der Waals surface area contributed by atoms with Crippen LogP contribution in [-0.2, 0) is 16.0 Å². The molecule has 0 aliphatic carbocycles. The van der Waals surface area contributed by atoms with Gasteiger partial charge in [0.2, 0.25) is 5.91 Å². The van der Waals surface area contributed by atoms with E-state index in [1.54, 1.807) is 12.4 Å². The molecule has 138 valence electrons. The van der Waals surface area contributed by atoms with Gasteiger partial charge in [0.1, 0.15) is 12.4 Å². The second kappa shape index (κ2) is 7.11. The molecule has 1 spiro atoms. The van der Waals surface area contributed by atoms with Crippen LogP contribution in [0.15, 0.2) is 23.2 Å². The third-order valence-electron chi connectivity index (χ3n) is 5.34. The van der Waals surface area contributed by atoms with Gasteiger partial charge in [-0.15, -0.1) is 0 Å². The van der Waals surface area contributed by atoms with Crippen LogP contribution in [0.25, 0.3) is 0 Å². The maximum Gasteiger partial charge on any atom is 0.255 e. The van der Waals surface area contributed by atoms with Crippen molar-refractivity contribution in [1.29, 1.82) is 0 Å². The summed E-state index contributed by atoms with van der Waals surface area (Å²) in [7, 11) is 0. The molecule has 2 saturated heterocycles. The number of likely N-dealkylation sites (tertiary alicyclic amines) is 1. The standard InChI is InChI=1S/C18H23N5O3/c1-13-21-17(26-22-13)15-4-5-18(25-15)6-8-23(9-7-18)16(24)3-2-14-10-19-12-20-11-14/h10-12,15H,2-9H2,1H3/t15-/m0/s1. The zero-order chi connectivity index (χ0) is 18.0. The highest BCUT2D eigenvalue weighted by Crippen LogP contribution is 2.44. The molecule has 0 N–H and O–H groups in total. The molecular formula is C18H23N5O3. The number of aromatic nitrogens is 4. The van der Waals surface area contributed by atoms with Crippen molar-refractivity contribution in [2.24, 2.45) is 0 Å². The maximum absolute atomic E-state index is 12.5. The molecule has 4 heterocycles. The van der Waals surface area contributed by atoms with Crippen LogP contribution >= 0.6 is 0 Å². The van der Waals surface area contributed by atoms with Gasteiger partial charge in [-0.1, -0.05) is 5.16 Å². The van der Waals surface area contributed by atoms with Crippen molar-refractivity contribution in [3.05, 3.63) is 36.0 Å². The highest BCUT2D eigenvalue weighted by atomic mass is 16.5. The van der Waals surface area contributed by atoms with Crippen molar-refractivity contribution in [2.75, 3.05) is 13.1 Å². The topological polar surface area (TPSA) is 94.2 Å². The van der Waals surface area contributed by atoms with E-state index in [0.29, 0.717) is 24.6 Å². The summed E-state index contributed by atoms with van der Waals surface area (Å²) in [6.07, 6.45) is 9.66. The summed E-state index contributed by atoms with van der Waals surface area (Å²) in [5.41, 5.74) is 0.836. The number of carbonyl (C=O) groups excluding carboxylic acids is 1. The van der Waals surface area contributed by atoms with Gasteiger partial charge in [0, 0.05) is 31.9 Å². The Morgan fingerprint density at radius 3 is 2.73 bits per heavy atom. The average Bonchev–Trinajstić information content (AvgIpc) is 3.28. The first-order chi connectivity index (χ1) is 12.6. The lowest BCUT2D eigenvalue weighted by Gasteiger charge is -2.39. The molecule has 0 unspecified atom stereocenters. The number of nitrogens with zero attached hydrogens (tertiary/aromatic N) is 5. The van der Waals surface area contributed by atoms with Gasteiger partial charge in [0.25, 0.3) is 5.89 Å². The minimum Gasteiger partial charge on any atom is -0.362 e. The van der Waals surface area contributed by atoms with E-state index < -0.39 is 0 Å². The number of carbonyl (C=O) groups is 1. The summed E-state index contributed by atoms with van der Waals surface area (Å²) in [6.45, 7) is 3.28. The van der Waals surface area contributed by atoms with E-state index in [9.17, 15) is 4.79 Å². The van der Waals surface area contributed by atoms with E-state index in [1.807, 2.05) is 11.8 Å². The summed E-state index contributed by atoms with van der Waals surface area (Å²) >= 11 is 0. The fraction of sp³-hybridized carbons (Fsp3) is 0.611. The average molecular weight is 357 g/mol. The zero-order valence-electron chi connectivity index (χ0n) is 14.9. The Labute approximate surface area is 152 Å². The van der Waals surface area contributed by atoms with E-state index in [1.165, 1.54) is 6.33 Å². The Morgan fingerprint density at radius 1 is 1.27 bits per heavy atom. The fourth-order valence-corrected chi connectivity index (χ4v) is 3.83. The van der Waals surface area contributed by atoms with Gasteiger partial charge in [0.15, 0.2) is 5.82 Å². The highest BCUT2D eigenvalue weighted by Gasteiger charge is 2.45. The predicted molar refractivity (Wildman–Crippen MR) is 91.0 cm³/mol. The molecular weight excluding hydrogens is 334 g/mol. The molecule has 2 aliphatic rings. The number of piperidine rings is 1. The molecule has 4 rings (SSSR count). The second-order valence-electron chi connectivity index (χ2n) is 7.14. The Kier molecular flexibility index (Phi) is 4.67. The van der Waals surface area contributed by atoms with Crippen molar-refractivity contribution in [1.82, 2.24) is 25.0 Å². The first kappa shape index (κ1) is 17.1. The lowest BCUT2D eigenvalue weighted by atomic mass is 9.88. The Hall–Kier alpha value is -2.35. The first-order valence-corrected chi connectivity index (χ1v) is 9.13. The third kappa shape index (κ3) is 3.60. The first-order valence-electron chi connectivity index (χ1n) is 9.13. The van der Waals surface area contributed by atoms with Crippen molar-refractivity contribution < 1.29 is 14.1 Å². The van der Waals surface area contributed by atoms with Crippen LogP contribution in [-0.4, -0.2) is 49.6 Å². The SMILES string of the molecule is Cc1noc([C@@H]2CCC3(CCN(C(=O)CCc4cncnc4)CC3)O2)n1. The normalized spacial score (nSPS) is 22.0. The molecule has 0 saturated carbocycles. The number of hydrogen-bond donors (Lipinski definition) is 0. The minimum atomic E-state index is -0.156. The quantitative estimate of drug-likeness (QED) is 0.826. The number of aryl methyl sites for hydroxylation is 2. The maximum atomic E-state index is 12.5. The van der Waals surface area contributed by atoms with Gasteiger partial charge < -0.3 is 14.2 Å². The molecule has 0 aromatic carbocycles. The number of amides is 1. The molecule has 1 amide bonds. The number of hydrogen-bond acceptors (Lipinski definition) is 7. The smallest absolute Gasteiger partial charge is 0.255 e. The van der Waals surface area contributed by atoms with Crippen molar-refractivity contribution in [2.45, 2.75) is 57.2 Å². The van der Waals surface area contributed by atoms with Crippen molar-refractivity contribution >= 4 is 5.91 Å². The van der Waals surface area contributed by atoms with Crippen LogP contribution < -0.4 is 0 Å². The van der Waals surface area contributed by atoms with Crippen LogP contribution in [0.3, 0.4) is 0 Å². The summed E-state index contributed by atoms with van der Waals surface area (Å²) < 4.78 is 11.6. The van der Waals surface area contributed by atoms with Crippen LogP contribution in [0.2, 0.25) is 0 Å². The summed E-state index contributed by atoms with van der Waals surface area (Å²) in [5, 5.41) is 3.85. The summed E-state index contributed by atoms with van der Waals surface area (Å²) in [4.78, 5) is 26.7. The predicted octanol–water partition coefficient (Wildman–Crippen LogP) is 2.01. The molecule has 2 aromatic rings. The van der Waals surface area contributed by atoms with Crippen molar-refractivity contribution in [3.8, 4) is 0 Å². The molecule has 0 radical (unpaired) electrons. The van der Waals surface area contributed by atoms with Crippen LogP contribution in [0, 0.1) is 6.92 Å². The molecule has 26 heavy (non-hydrogen) atoms. The Morgan fingerprint density at radius 2 is 2.04 bits per heavy atom. The lowest BCUT2D eigenvalue weighted by molar-refractivity contribution is -0.138. The van der Waals surface area contributed by atoms with Gasteiger partial charge >= 0.3 is 0 Å². The monoisotopic (exact) mass is 357 g/mol. The zero-order valence-corrected chi connectivity index (χ0v) is 14.9. The van der Waals surface area contributed by atoms with E-state index in [2.05, 4.69) is 20.1 Å². The largest absolute Gasteiger partial charge is 0.362 e. The molecule has 0 bridgehead atoms. The van der Waals surface area contributed by atoms with Crippen LogP contribution in [0.4, 0.5) is 0 Å². The number of rotatable bonds is 4. The second-order valence-corrected chi connectivity index (χ2v) is 7.14. The molecule has 1 atom stereocenters. The van der Waals surface area contributed by atoms with Gasteiger partial charge in [-0.3, -0.25) is 4.79 Å². The van der Waals surface area contributed by atoms with Crippen LogP contribution in [0.5, 0.6) is 0 Å². The van der Waals surface area contributed by atoms with Crippen LogP contribution in [0.1, 0.15) is 55.5 Å². The van der Waals surface area contributed by atoms with Gasteiger partial charge in [-0.25, -0.2) is 9.97 Å². The van der Waals surface area contributed by atoms with Gasteiger partial charge in [-0.2, -0.15) is 4.98 Å².